The average Bonchev–Trinajstić information content (AvgIpc) is 3.17. The van der Waals surface area contributed by atoms with E-state index in [-0.39, 0.29) is 17.6 Å². The number of aryl methyl sites for hydroxylation is 2. The van der Waals surface area contributed by atoms with Gasteiger partial charge in [-0.25, -0.2) is 4.98 Å². The molecule has 2 heterocycles. The number of thioether (sulfide) groups is 1. The third-order valence-electron chi connectivity index (χ3n) is 5.43. The van der Waals surface area contributed by atoms with Gasteiger partial charge in [0.25, 0.3) is 5.56 Å². The lowest BCUT2D eigenvalue weighted by atomic mass is 9.99. The van der Waals surface area contributed by atoms with Crippen LogP contribution in [0.25, 0.3) is 10.2 Å². The van der Waals surface area contributed by atoms with Crippen molar-refractivity contribution in [2.45, 2.75) is 76.1 Å². The standard InChI is InChI=1S/C20H26N2O3S2/c23-17(25-13-7-4-2-1-3-5-8-13)12-26-11-16-21-19(24)18-14-9-6-10-15(14)27-20(18)22-16/h13H,1-12H2,(H,21,22,24). The van der Waals surface area contributed by atoms with E-state index < -0.39 is 0 Å². The number of hydrogen-bond acceptors (Lipinski definition) is 6. The summed E-state index contributed by atoms with van der Waals surface area (Å²) in [6.45, 7) is 0. The first-order valence-electron chi connectivity index (χ1n) is 10.0. The fourth-order valence-electron chi connectivity index (χ4n) is 4.10. The quantitative estimate of drug-likeness (QED) is 0.747. The van der Waals surface area contributed by atoms with Gasteiger partial charge >= 0.3 is 5.97 Å². The molecule has 0 bridgehead atoms. The van der Waals surface area contributed by atoms with Crippen molar-refractivity contribution in [1.29, 1.82) is 0 Å². The normalized spacial score (nSPS) is 18.2. The average molecular weight is 407 g/mol. The molecule has 1 saturated carbocycles. The van der Waals surface area contributed by atoms with E-state index in [1.165, 1.54) is 41.5 Å². The van der Waals surface area contributed by atoms with Gasteiger partial charge in [-0.1, -0.05) is 19.3 Å². The third-order valence-corrected chi connectivity index (χ3v) is 7.54. The number of nitrogens with one attached hydrogen (secondary N) is 1. The first-order chi connectivity index (χ1) is 13.2. The molecule has 5 nitrogen and oxygen atoms in total. The number of ether oxygens (including phenoxy) is 1. The Hall–Kier alpha value is -1.34. The van der Waals surface area contributed by atoms with Gasteiger partial charge in [0.1, 0.15) is 16.8 Å². The SMILES string of the molecule is O=C(CSCc1nc2sc3c(c2c(=O)[nH]1)CCC3)OC1CCCCCCC1. The van der Waals surface area contributed by atoms with Gasteiger partial charge in [-0.05, 0) is 50.5 Å². The summed E-state index contributed by atoms with van der Waals surface area (Å²) in [5, 5.41) is 0.782. The summed E-state index contributed by atoms with van der Waals surface area (Å²) in [5.41, 5.74) is 1.16. The number of carbonyl (C=O) groups excluding carboxylic acids is 1. The Morgan fingerprint density at radius 3 is 2.74 bits per heavy atom. The molecule has 1 fully saturated rings. The minimum absolute atomic E-state index is 0.0351. The van der Waals surface area contributed by atoms with Crippen LogP contribution in [0, 0.1) is 0 Å². The van der Waals surface area contributed by atoms with Gasteiger partial charge in [0.15, 0.2) is 0 Å². The highest BCUT2D eigenvalue weighted by atomic mass is 32.2. The lowest BCUT2D eigenvalue weighted by Gasteiger charge is -2.20. The van der Waals surface area contributed by atoms with Gasteiger partial charge < -0.3 is 9.72 Å². The number of rotatable bonds is 5. The van der Waals surface area contributed by atoms with Crippen LogP contribution in [0.4, 0.5) is 0 Å². The number of hydrogen-bond donors (Lipinski definition) is 1. The maximum Gasteiger partial charge on any atom is 0.316 e. The number of H-pyrrole nitrogens is 1. The Morgan fingerprint density at radius 2 is 1.93 bits per heavy atom. The molecule has 0 saturated heterocycles. The monoisotopic (exact) mass is 406 g/mol. The Kier molecular flexibility index (Phi) is 6.18. The predicted molar refractivity (Wildman–Crippen MR) is 111 cm³/mol. The minimum Gasteiger partial charge on any atom is -0.462 e. The summed E-state index contributed by atoms with van der Waals surface area (Å²) < 4.78 is 5.65. The summed E-state index contributed by atoms with van der Waals surface area (Å²) in [6.07, 6.45) is 11.4. The van der Waals surface area contributed by atoms with Gasteiger partial charge in [0.2, 0.25) is 0 Å². The second-order valence-corrected chi connectivity index (χ2v) is 9.57. The molecule has 0 aliphatic heterocycles. The summed E-state index contributed by atoms with van der Waals surface area (Å²) in [6, 6.07) is 0. The number of aromatic nitrogens is 2. The molecule has 146 valence electrons. The number of carbonyl (C=O) groups is 1. The van der Waals surface area contributed by atoms with Crippen molar-refractivity contribution in [1.82, 2.24) is 9.97 Å². The second kappa shape index (κ2) is 8.78. The largest absolute Gasteiger partial charge is 0.462 e. The fraction of sp³-hybridized carbons (Fsp3) is 0.650. The highest BCUT2D eigenvalue weighted by Crippen LogP contribution is 2.34. The van der Waals surface area contributed by atoms with E-state index in [0.29, 0.717) is 17.3 Å². The van der Waals surface area contributed by atoms with E-state index in [1.807, 2.05) is 0 Å². The van der Waals surface area contributed by atoms with Gasteiger partial charge in [0, 0.05) is 4.88 Å². The lowest BCUT2D eigenvalue weighted by molar-refractivity contribution is -0.146. The first-order valence-corrected chi connectivity index (χ1v) is 12.0. The van der Waals surface area contributed by atoms with Gasteiger partial charge in [0.05, 0.1) is 16.9 Å². The van der Waals surface area contributed by atoms with E-state index in [4.69, 9.17) is 4.74 Å². The number of aromatic amines is 1. The number of thiophene rings is 1. The Morgan fingerprint density at radius 1 is 1.15 bits per heavy atom. The molecule has 7 heteroatoms. The summed E-state index contributed by atoms with van der Waals surface area (Å²) in [5.74, 6) is 1.33. The highest BCUT2D eigenvalue weighted by Gasteiger charge is 2.21. The van der Waals surface area contributed by atoms with Gasteiger partial charge in [-0.2, -0.15) is 0 Å². The smallest absolute Gasteiger partial charge is 0.316 e. The van der Waals surface area contributed by atoms with Crippen LogP contribution in [0.1, 0.15) is 67.6 Å². The van der Waals surface area contributed by atoms with E-state index in [0.717, 1.165) is 55.2 Å². The van der Waals surface area contributed by atoms with E-state index in [1.54, 1.807) is 11.3 Å². The first kappa shape index (κ1) is 19.0. The van der Waals surface area contributed by atoms with Crippen molar-refractivity contribution >= 4 is 39.3 Å². The second-order valence-electron chi connectivity index (χ2n) is 7.50. The molecule has 0 atom stereocenters. The maximum absolute atomic E-state index is 12.5. The topological polar surface area (TPSA) is 72.0 Å². The van der Waals surface area contributed by atoms with Crippen LogP contribution in [0.3, 0.4) is 0 Å². The Bertz CT molecular complexity index is 866. The van der Waals surface area contributed by atoms with Crippen LogP contribution in [-0.2, 0) is 28.1 Å². The van der Waals surface area contributed by atoms with E-state index in [9.17, 15) is 9.59 Å². The van der Waals surface area contributed by atoms with Crippen molar-refractivity contribution < 1.29 is 9.53 Å². The third kappa shape index (κ3) is 4.57. The molecule has 0 unspecified atom stereocenters. The molecule has 0 aromatic carbocycles. The van der Waals surface area contributed by atoms with Crippen molar-refractivity contribution in [2.24, 2.45) is 0 Å². The van der Waals surface area contributed by atoms with Crippen LogP contribution < -0.4 is 5.56 Å². The summed E-state index contributed by atoms with van der Waals surface area (Å²) in [7, 11) is 0. The van der Waals surface area contributed by atoms with Gasteiger partial charge in [-0.3, -0.25) is 9.59 Å². The minimum atomic E-state index is -0.149. The maximum atomic E-state index is 12.5. The van der Waals surface area contributed by atoms with Crippen LogP contribution >= 0.6 is 23.1 Å². The molecule has 0 spiro atoms. The van der Waals surface area contributed by atoms with Crippen molar-refractivity contribution in [2.75, 3.05) is 5.75 Å². The molecule has 2 aliphatic rings. The molecule has 2 aromatic rings. The van der Waals surface area contributed by atoms with E-state index in [2.05, 4.69) is 9.97 Å². The summed E-state index contributed by atoms with van der Waals surface area (Å²) >= 11 is 3.11. The molecule has 0 radical (unpaired) electrons. The Balaban J connectivity index is 1.31. The molecule has 1 N–H and O–H groups in total. The predicted octanol–water partition coefficient (Wildman–Crippen LogP) is 4.36. The zero-order valence-corrected chi connectivity index (χ0v) is 17.2. The Labute approximate surface area is 167 Å². The number of esters is 1. The highest BCUT2D eigenvalue weighted by molar-refractivity contribution is 7.99. The molecule has 4 rings (SSSR count). The summed E-state index contributed by atoms with van der Waals surface area (Å²) in [4.78, 5) is 34.3. The van der Waals surface area contributed by atoms with Crippen molar-refractivity contribution in [3.05, 3.63) is 26.6 Å². The van der Waals surface area contributed by atoms with Crippen molar-refractivity contribution in [3.63, 3.8) is 0 Å². The van der Waals surface area contributed by atoms with Crippen molar-refractivity contribution in [3.8, 4) is 0 Å². The molecule has 27 heavy (non-hydrogen) atoms. The van der Waals surface area contributed by atoms with Crippen LogP contribution in [-0.4, -0.2) is 27.8 Å². The van der Waals surface area contributed by atoms with Crippen LogP contribution in [0.15, 0.2) is 4.79 Å². The fourth-order valence-corrected chi connectivity index (χ4v) is 6.05. The van der Waals surface area contributed by atoms with Crippen LogP contribution in [0.5, 0.6) is 0 Å². The zero-order valence-electron chi connectivity index (χ0n) is 15.6. The molecular formula is C20H26N2O3S2. The molecule has 2 aromatic heterocycles. The molecule has 2 aliphatic carbocycles. The van der Waals surface area contributed by atoms with E-state index >= 15 is 0 Å². The zero-order chi connectivity index (χ0) is 18.6. The molecule has 0 amide bonds. The van der Waals surface area contributed by atoms with Gasteiger partial charge in [-0.15, -0.1) is 23.1 Å². The number of fused-ring (bicyclic) bond motifs is 3. The lowest BCUT2D eigenvalue weighted by Crippen LogP contribution is -2.20. The van der Waals surface area contributed by atoms with Crippen LogP contribution in [0.2, 0.25) is 0 Å². The number of nitrogens with zero attached hydrogens (tertiary/aromatic N) is 1. The molecular weight excluding hydrogens is 380 g/mol.